The smallest absolute Gasteiger partial charge is 0.233 e. The van der Waals surface area contributed by atoms with Crippen molar-refractivity contribution >= 4 is 5.91 Å². The second-order valence-corrected chi connectivity index (χ2v) is 4.22. The topological polar surface area (TPSA) is 58.4 Å². The maximum absolute atomic E-state index is 11.0. The second kappa shape index (κ2) is 10.9. The van der Waals surface area contributed by atoms with Gasteiger partial charge in [0.1, 0.15) is 0 Å². The molecule has 0 fully saturated rings. The molecule has 0 aromatic rings. The predicted molar refractivity (Wildman–Crippen MR) is 67.8 cm³/mol. The Morgan fingerprint density at radius 1 is 1.06 bits per heavy atom. The fourth-order valence-corrected chi connectivity index (χ4v) is 1.63. The van der Waals surface area contributed by atoms with Gasteiger partial charge in [0.2, 0.25) is 5.91 Å². The van der Waals surface area contributed by atoms with E-state index in [0.717, 1.165) is 26.1 Å². The summed E-state index contributed by atoms with van der Waals surface area (Å²) in [4.78, 5) is 13.4. The molecule has 0 saturated carbocycles. The zero-order valence-electron chi connectivity index (χ0n) is 10.8. The Morgan fingerprint density at radius 2 is 1.56 bits per heavy atom. The number of carbonyl (C=O) groups excluding carboxylic acids is 1. The van der Waals surface area contributed by atoms with E-state index in [1.54, 1.807) is 0 Å². The molecule has 0 aromatic carbocycles. The molecule has 0 aromatic heterocycles. The molecule has 0 unspecified atom stereocenters. The summed E-state index contributed by atoms with van der Waals surface area (Å²) in [5.74, 6) is 4.97. The zero-order valence-corrected chi connectivity index (χ0v) is 10.8. The molecule has 0 atom stereocenters. The van der Waals surface area contributed by atoms with Gasteiger partial charge in [-0.3, -0.25) is 10.2 Å². The average Bonchev–Trinajstić information content (AvgIpc) is 2.31. The van der Waals surface area contributed by atoms with E-state index < -0.39 is 0 Å². The monoisotopic (exact) mass is 229 g/mol. The summed E-state index contributed by atoms with van der Waals surface area (Å²) in [7, 11) is 0. The number of hydrazine groups is 1. The van der Waals surface area contributed by atoms with Crippen LogP contribution in [0.15, 0.2) is 0 Å². The molecule has 0 saturated heterocycles. The first-order chi connectivity index (χ1) is 7.74. The van der Waals surface area contributed by atoms with Gasteiger partial charge in [-0.1, -0.05) is 26.7 Å². The van der Waals surface area contributed by atoms with Gasteiger partial charge in [0.15, 0.2) is 0 Å². The van der Waals surface area contributed by atoms with E-state index in [9.17, 15) is 4.79 Å². The van der Waals surface area contributed by atoms with E-state index in [-0.39, 0.29) is 5.91 Å². The number of nitrogens with one attached hydrogen (secondary N) is 1. The van der Waals surface area contributed by atoms with Crippen LogP contribution in [0.4, 0.5) is 0 Å². The molecular weight excluding hydrogens is 202 g/mol. The SMILES string of the molecule is CCCCN(CCCC)CCCC(=O)NN. The Hall–Kier alpha value is -0.610. The van der Waals surface area contributed by atoms with Crippen molar-refractivity contribution in [1.82, 2.24) is 10.3 Å². The van der Waals surface area contributed by atoms with Crippen LogP contribution >= 0.6 is 0 Å². The third kappa shape index (κ3) is 8.68. The maximum Gasteiger partial charge on any atom is 0.233 e. The van der Waals surface area contributed by atoms with E-state index in [0.29, 0.717) is 6.42 Å². The fraction of sp³-hybridized carbons (Fsp3) is 0.917. The molecule has 0 bridgehead atoms. The minimum Gasteiger partial charge on any atom is -0.303 e. The lowest BCUT2D eigenvalue weighted by atomic mass is 10.2. The second-order valence-electron chi connectivity index (χ2n) is 4.22. The number of hydrogen-bond acceptors (Lipinski definition) is 3. The quantitative estimate of drug-likeness (QED) is 0.340. The molecule has 0 aliphatic carbocycles. The van der Waals surface area contributed by atoms with Crippen LogP contribution in [-0.2, 0) is 4.79 Å². The highest BCUT2D eigenvalue weighted by atomic mass is 16.2. The number of nitrogens with two attached hydrogens (primary N) is 1. The minimum absolute atomic E-state index is 0.0640. The molecular formula is C12H27N3O. The van der Waals surface area contributed by atoms with E-state index in [1.165, 1.54) is 25.7 Å². The molecule has 4 nitrogen and oxygen atoms in total. The Morgan fingerprint density at radius 3 is 2.00 bits per heavy atom. The molecule has 0 radical (unpaired) electrons. The molecule has 3 N–H and O–H groups in total. The van der Waals surface area contributed by atoms with Crippen molar-refractivity contribution in [3.63, 3.8) is 0 Å². The number of amides is 1. The van der Waals surface area contributed by atoms with Crippen LogP contribution in [0.5, 0.6) is 0 Å². The van der Waals surface area contributed by atoms with Gasteiger partial charge >= 0.3 is 0 Å². The Balaban J connectivity index is 3.67. The molecule has 0 rings (SSSR count). The van der Waals surface area contributed by atoms with Crippen molar-refractivity contribution in [1.29, 1.82) is 0 Å². The van der Waals surface area contributed by atoms with Gasteiger partial charge in [-0.05, 0) is 38.9 Å². The van der Waals surface area contributed by atoms with E-state index in [4.69, 9.17) is 5.84 Å². The number of rotatable bonds is 10. The van der Waals surface area contributed by atoms with Crippen LogP contribution in [0.25, 0.3) is 0 Å². The predicted octanol–water partition coefficient (Wildman–Crippen LogP) is 1.66. The number of carbonyl (C=O) groups is 1. The van der Waals surface area contributed by atoms with Crippen LogP contribution < -0.4 is 11.3 Å². The largest absolute Gasteiger partial charge is 0.303 e. The van der Waals surface area contributed by atoms with Crippen LogP contribution in [-0.4, -0.2) is 30.4 Å². The molecule has 0 spiro atoms. The Kier molecular flexibility index (Phi) is 10.5. The summed E-state index contributed by atoms with van der Waals surface area (Å²) in [5.41, 5.74) is 2.17. The van der Waals surface area contributed by atoms with Crippen molar-refractivity contribution in [3.05, 3.63) is 0 Å². The number of unbranched alkanes of at least 4 members (excludes halogenated alkanes) is 2. The van der Waals surface area contributed by atoms with Crippen LogP contribution in [0.3, 0.4) is 0 Å². The standard InChI is InChI=1S/C12H27N3O/c1-3-5-9-15(10-6-4-2)11-7-8-12(16)14-13/h3-11,13H2,1-2H3,(H,14,16). The van der Waals surface area contributed by atoms with E-state index in [2.05, 4.69) is 24.2 Å². The first-order valence-corrected chi connectivity index (χ1v) is 6.46. The molecule has 96 valence electrons. The summed E-state index contributed by atoms with van der Waals surface area (Å²) < 4.78 is 0. The normalized spacial score (nSPS) is 10.8. The lowest BCUT2D eigenvalue weighted by Gasteiger charge is -2.21. The highest BCUT2D eigenvalue weighted by molar-refractivity contribution is 5.75. The molecule has 16 heavy (non-hydrogen) atoms. The molecule has 0 heterocycles. The lowest BCUT2D eigenvalue weighted by Crippen LogP contribution is -2.32. The Bertz CT molecular complexity index is 166. The third-order valence-corrected chi connectivity index (χ3v) is 2.69. The van der Waals surface area contributed by atoms with E-state index >= 15 is 0 Å². The van der Waals surface area contributed by atoms with Crippen molar-refractivity contribution < 1.29 is 4.79 Å². The van der Waals surface area contributed by atoms with Gasteiger partial charge in [-0.25, -0.2) is 5.84 Å². The molecule has 4 heteroatoms. The van der Waals surface area contributed by atoms with E-state index in [1.807, 2.05) is 0 Å². The first-order valence-electron chi connectivity index (χ1n) is 6.46. The van der Waals surface area contributed by atoms with Crippen molar-refractivity contribution in [2.24, 2.45) is 5.84 Å². The van der Waals surface area contributed by atoms with Crippen LogP contribution in [0, 0.1) is 0 Å². The molecule has 0 aliphatic rings. The lowest BCUT2D eigenvalue weighted by molar-refractivity contribution is -0.121. The van der Waals surface area contributed by atoms with Gasteiger partial charge in [-0.15, -0.1) is 0 Å². The highest BCUT2D eigenvalue weighted by Crippen LogP contribution is 2.01. The Labute approximate surface area is 99.5 Å². The molecule has 0 aliphatic heterocycles. The summed E-state index contributed by atoms with van der Waals surface area (Å²) in [5, 5.41) is 0. The van der Waals surface area contributed by atoms with Gasteiger partial charge in [-0.2, -0.15) is 0 Å². The summed E-state index contributed by atoms with van der Waals surface area (Å²) >= 11 is 0. The van der Waals surface area contributed by atoms with Crippen LogP contribution in [0.2, 0.25) is 0 Å². The highest BCUT2D eigenvalue weighted by Gasteiger charge is 2.05. The first kappa shape index (κ1) is 15.4. The summed E-state index contributed by atoms with van der Waals surface area (Å²) in [6, 6.07) is 0. The minimum atomic E-state index is -0.0640. The van der Waals surface area contributed by atoms with Crippen molar-refractivity contribution in [3.8, 4) is 0 Å². The van der Waals surface area contributed by atoms with Gasteiger partial charge in [0.25, 0.3) is 0 Å². The third-order valence-electron chi connectivity index (χ3n) is 2.69. The summed E-state index contributed by atoms with van der Waals surface area (Å²) in [6.45, 7) is 7.73. The number of nitrogens with zero attached hydrogens (tertiary/aromatic N) is 1. The summed E-state index contributed by atoms with van der Waals surface area (Å²) in [6.07, 6.45) is 6.37. The zero-order chi connectivity index (χ0) is 12.2. The van der Waals surface area contributed by atoms with Gasteiger partial charge in [0, 0.05) is 6.42 Å². The van der Waals surface area contributed by atoms with Crippen LogP contribution in [0.1, 0.15) is 52.4 Å². The maximum atomic E-state index is 11.0. The number of hydrogen-bond donors (Lipinski definition) is 2. The average molecular weight is 229 g/mol. The van der Waals surface area contributed by atoms with Gasteiger partial charge in [0.05, 0.1) is 0 Å². The fourth-order valence-electron chi connectivity index (χ4n) is 1.63. The van der Waals surface area contributed by atoms with Crippen molar-refractivity contribution in [2.45, 2.75) is 52.4 Å². The van der Waals surface area contributed by atoms with Crippen molar-refractivity contribution in [2.75, 3.05) is 19.6 Å². The molecule has 1 amide bonds. The van der Waals surface area contributed by atoms with Gasteiger partial charge < -0.3 is 4.90 Å².